The van der Waals surface area contributed by atoms with Crippen LogP contribution in [0.5, 0.6) is 0 Å². The summed E-state index contributed by atoms with van der Waals surface area (Å²) in [5.74, 6) is -1.07. The average Bonchev–Trinajstić information content (AvgIpc) is 2.36. The Balaban J connectivity index is 2.86. The van der Waals surface area contributed by atoms with Crippen molar-refractivity contribution in [1.29, 1.82) is 0 Å². The lowest BCUT2D eigenvalue weighted by molar-refractivity contribution is -0.168. The Hall–Kier alpha value is -1.91. The monoisotopic (exact) mass is 237 g/mol. The quantitative estimate of drug-likeness (QED) is 0.728. The van der Waals surface area contributed by atoms with Crippen molar-refractivity contribution in [1.82, 2.24) is 4.98 Å². The highest BCUT2D eigenvalue weighted by atomic mass is 16.6. The molecule has 5 heteroatoms. The lowest BCUT2D eigenvalue weighted by atomic mass is 10.2. The third kappa shape index (κ3) is 3.86. The molecule has 1 atom stereocenters. The predicted molar refractivity (Wildman–Crippen MR) is 60.0 cm³/mol. The first-order valence-corrected chi connectivity index (χ1v) is 5.46. The number of esters is 2. The number of hydrogen-bond donors (Lipinski definition) is 0. The second-order valence-corrected chi connectivity index (χ2v) is 3.23. The highest BCUT2D eigenvalue weighted by Crippen LogP contribution is 2.17. The van der Waals surface area contributed by atoms with Crippen molar-refractivity contribution in [3.63, 3.8) is 0 Å². The van der Waals surface area contributed by atoms with Crippen LogP contribution in [0.25, 0.3) is 0 Å². The van der Waals surface area contributed by atoms with Crippen LogP contribution in [-0.2, 0) is 19.1 Å². The van der Waals surface area contributed by atoms with Crippen molar-refractivity contribution in [2.75, 3.05) is 6.61 Å². The smallest absolute Gasteiger partial charge is 0.353 e. The number of rotatable bonds is 5. The van der Waals surface area contributed by atoms with Crippen LogP contribution < -0.4 is 0 Å². The Labute approximate surface area is 99.8 Å². The van der Waals surface area contributed by atoms with Gasteiger partial charge < -0.3 is 9.47 Å². The van der Waals surface area contributed by atoms with E-state index in [1.165, 1.54) is 6.20 Å². The van der Waals surface area contributed by atoms with Crippen LogP contribution in [0, 0.1) is 0 Å². The van der Waals surface area contributed by atoms with E-state index in [4.69, 9.17) is 9.47 Å². The van der Waals surface area contributed by atoms with Gasteiger partial charge in [0.05, 0.1) is 12.3 Å². The standard InChI is InChI=1S/C12H15NO4/c1-3-10(14)17-11(12(15)16-4-2)9-7-5-6-8-13-9/h5-8,11H,3-4H2,1-2H3. The molecule has 0 bridgehead atoms. The van der Waals surface area contributed by atoms with E-state index in [1.54, 1.807) is 32.0 Å². The highest BCUT2D eigenvalue weighted by molar-refractivity contribution is 5.80. The van der Waals surface area contributed by atoms with Gasteiger partial charge in [0.15, 0.2) is 0 Å². The van der Waals surface area contributed by atoms with E-state index in [-0.39, 0.29) is 13.0 Å². The molecule has 0 spiro atoms. The summed E-state index contributed by atoms with van der Waals surface area (Å²) in [6, 6.07) is 5.05. The molecule has 5 nitrogen and oxygen atoms in total. The lowest BCUT2D eigenvalue weighted by Crippen LogP contribution is -2.22. The summed E-state index contributed by atoms with van der Waals surface area (Å²) >= 11 is 0. The van der Waals surface area contributed by atoms with Gasteiger partial charge in [0.1, 0.15) is 0 Å². The van der Waals surface area contributed by atoms with E-state index in [0.29, 0.717) is 5.69 Å². The van der Waals surface area contributed by atoms with Crippen molar-refractivity contribution in [3.8, 4) is 0 Å². The zero-order valence-corrected chi connectivity index (χ0v) is 9.88. The summed E-state index contributed by atoms with van der Waals surface area (Å²) in [4.78, 5) is 26.9. The summed E-state index contributed by atoms with van der Waals surface area (Å²) < 4.78 is 9.87. The molecule has 0 aliphatic carbocycles. The van der Waals surface area contributed by atoms with E-state index in [0.717, 1.165) is 0 Å². The first-order chi connectivity index (χ1) is 8.19. The zero-order valence-electron chi connectivity index (χ0n) is 9.88. The molecule has 0 aromatic carbocycles. The van der Waals surface area contributed by atoms with Crippen molar-refractivity contribution >= 4 is 11.9 Å². The van der Waals surface area contributed by atoms with Gasteiger partial charge in [-0.25, -0.2) is 4.79 Å². The predicted octanol–water partition coefficient (Wildman–Crippen LogP) is 1.64. The van der Waals surface area contributed by atoms with Gasteiger partial charge in [-0.05, 0) is 19.1 Å². The normalized spacial score (nSPS) is 11.6. The second-order valence-electron chi connectivity index (χ2n) is 3.23. The minimum absolute atomic E-state index is 0.197. The molecular formula is C12H15NO4. The fraction of sp³-hybridized carbons (Fsp3) is 0.417. The molecule has 0 radical (unpaired) electrons. The van der Waals surface area contributed by atoms with Crippen LogP contribution in [0.2, 0.25) is 0 Å². The number of pyridine rings is 1. The number of hydrogen-bond acceptors (Lipinski definition) is 5. The lowest BCUT2D eigenvalue weighted by Gasteiger charge is -2.15. The Kier molecular flexibility index (Phi) is 5.13. The maximum absolute atomic E-state index is 11.7. The Morgan fingerprint density at radius 3 is 2.65 bits per heavy atom. The SMILES string of the molecule is CCOC(=O)C(OC(=O)CC)c1ccccn1. The van der Waals surface area contributed by atoms with Gasteiger partial charge in [0.25, 0.3) is 0 Å². The molecule has 0 saturated carbocycles. The van der Waals surface area contributed by atoms with Gasteiger partial charge in [-0.3, -0.25) is 9.78 Å². The zero-order chi connectivity index (χ0) is 12.7. The molecule has 1 heterocycles. The Morgan fingerprint density at radius 1 is 1.35 bits per heavy atom. The molecule has 1 unspecified atom stereocenters. The van der Waals surface area contributed by atoms with Crippen molar-refractivity contribution < 1.29 is 19.1 Å². The maximum Gasteiger partial charge on any atom is 0.353 e. The first-order valence-electron chi connectivity index (χ1n) is 5.46. The van der Waals surface area contributed by atoms with Crippen LogP contribution in [0.15, 0.2) is 24.4 Å². The Bertz CT molecular complexity index is 377. The fourth-order valence-corrected chi connectivity index (χ4v) is 1.19. The van der Waals surface area contributed by atoms with E-state index in [2.05, 4.69) is 4.98 Å². The van der Waals surface area contributed by atoms with Crippen LogP contribution in [0.3, 0.4) is 0 Å². The van der Waals surface area contributed by atoms with Gasteiger partial charge in [0.2, 0.25) is 6.10 Å². The molecule has 1 rings (SSSR count). The largest absolute Gasteiger partial charge is 0.463 e. The third-order valence-electron chi connectivity index (χ3n) is 2.00. The minimum atomic E-state index is -1.08. The number of carbonyl (C=O) groups excluding carboxylic acids is 2. The van der Waals surface area contributed by atoms with E-state index >= 15 is 0 Å². The van der Waals surface area contributed by atoms with Crippen LogP contribution in [0.4, 0.5) is 0 Å². The molecule has 1 aromatic rings. The summed E-state index contributed by atoms with van der Waals surface area (Å²) in [7, 11) is 0. The van der Waals surface area contributed by atoms with E-state index < -0.39 is 18.0 Å². The minimum Gasteiger partial charge on any atom is -0.463 e. The third-order valence-corrected chi connectivity index (χ3v) is 2.00. The van der Waals surface area contributed by atoms with E-state index in [9.17, 15) is 9.59 Å². The van der Waals surface area contributed by atoms with Gasteiger partial charge in [-0.2, -0.15) is 0 Å². The molecule has 0 N–H and O–H groups in total. The van der Waals surface area contributed by atoms with Gasteiger partial charge in [-0.1, -0.05) is 13.0 Å². The molecular weight excluding hydrogens is 222 g/mol. The topological polar surface area (TPSA) is 65.5 Å². The van der Waals surface area contributed by atoms with Crippen molar-refractivity contribution in [3.05, 3.63) is 30.1 Å². The van der Waals surface area contributed by atoms with Gasteiger partial charge in [0, 0.05) is 12.6 Å². The number of carbonyl (C=O) groups is 2. The van der Waals surface area contributed by atoms with Crippen molar-refractivity contribution in [2.24, 2.45) is 0 Å². The molecule has 1 aromatic heterocycles. The number of ether oxygens (including phenoxy) is 2. The summed E-state index contributed by atoms with van der Waals surface area (Å²) in [5.41, 5.74) is 0.368. The highest BCUT2D eigenvalue weighted by Gasteiger charge is 2.26. The van der Waals surface area contributed by atoms with E-state index in [1.807, 2.05) is 0 Å². The molecule has 92 valence electrons. The van der Waals surface area contributed by atoms with Crippen LogP contribution >= 0.6 is 0 Å². The first kappa shape index (κ1) is 13.2. The van der Waals surface area contributed by atoms with Gasteiger partial charge in [-0.15, -0.1) is 0 Å². The molecule has 0 saturated heterocycles. The summed E-state index contributed by atoms with van der Waals surface area (Å²) in [6.07, 6.45) is 0.646. The fourth-order valence-electron chi connectivity index (χ4n) is 1.19. The molecule has 0 amide bonds. The maximum atomic E-state index is 11.7. The number of aromatic nitrogens is 1. The average molecular weight is 237 g/mol. The number of nitrogens with zero attached hydrogens (tertiary/aromatic N) is 1. The summed E-state index contributed by atoms with van der Waals surface area (Å²) in [6.45, 7) is 3.57. The Morgan fingerprint density at radius 2 is 2.12 bits per heavy atom. The molecule has 17 heavy (non-hydrogen) atoms. The summed E-state index contributed by atoms with van der Waals surface area (Å²) in [5, 5.41) is 0. The van der Waals surface area contributed by atoms with Gasteiger partial charge >= 0.3 is 11.9 Å². The van der Waals surface area contributed by atoms with Crippen molar-refractivity contribution in [2.45, 2.75) is 26.4 Å². The molecule has 0 aliphatic heterocycles. The second kappa shape index (κ2) is 6.62. The molecule has 0 fully saturated rings. The van der Waals surface area contributed by atoms with Crippen LogP contribution in [-0.4, -0.2) is 23.5 Å². The molecule has 0 aliphatic rings. The van der Waals surface area contributed by atoms with Crippen LogP contribution in [0.1, 0.15) is 32.1 Å².